The highest BCUT2D eigenvalue weighted by Crippen LogP contribution is 2.18. The Morgan fingerprint density at radius 1 is 1.14 bits per heavy atom. The van der Waals surface area contributed by atoms with Gasteiger partial charge < -0.3 is 10.6 Å². The van der Waals surface area contributed by atoms with Crippen molar-refractivity contribution in [2.45, 2.75) is 27.2 Å². The maximum absolute atomic E-state index is 4.36. The van der Waals surface area contributed by atoms with E-state index in [-0.39, 0.29) is 0 Å². The second kappa shape index (κ2) is 4.79. The summed E-state index contributed by atoms with van der Waals surface area (Å²) in [7, 11) is 1.87. The lowest BCUT2D eigenvalue weighted by atomic mass is 10.3. The molecule has 14 heavy (non-hydrogen) atoms. The van der Waals surface area contributed by atoms with E-state index in [1.54, 1.807) is 0 Å². The zero-order chi connectivity index (χ0) is 10.6. The van der Waals surface area contributed by atoms with E-state index in [0.717, 1.165) is 36.0 Å². The van der Waals surface area contributed by atoms with Gasteiger partial charge in [-0.25, -0.2) is 9.97 Å². The average Bonchev–Trinajstić information content (AvgIpc) is 2.18. The smallest absolute Gasteiger partial charge is 0.134 e. The summed E-state index contributed by atoms with van der Waals surface area (Å²) in [6, 6.07) is 0. The SMILES string of the molecule is CCCNc1nc(C)nc(NC)c1C. The normalized spacial score (nSPS) is 10.0. The second-order valence-corrected chi connectivity index (χ2v) is 3.27. The minimum atomic E-state index is 0.790. The quantitative estimate of drug-likeness (QED) is 0.769. The Bertz CT molecular complexity index is 309. The lowest BCUT2D eigenvalue weighted by Gasteiger charge is -2.11. The van der Waals surface area contributed by atoms with E-state index in [1.165, 1.54) is 0 Å². The number of hydrogen-bond acceptors (Lipinski definition) is 4. The van der Waals surface area contributed by atoms with Crippen molar-refractivity contribution in [2.75, 3.05) is 24.2 Å². The van der Waals surface area contributed by atoms with Gasteiger partial charge in [0.25, 0.3) is 0 Å². The first-order chi connectivity index (χ1) is 6.69. The van der Waals surface area contributed by atoms with Gasteiger partial charge in [-0.1, -0.05) is 6.92 Å². The fraction of sp³-hybridized carbons (Fsp3) is 0.600. The molecule has 0 unspecified atom stereocenters. The minimum absolute atomic E-state index is 0.790. The lowest BCUT2D eigenvalue weighted by molar-refractivity contribution is 0.947. The summed E-state index contributed by atoms with van der Waals surface area (Å²) in [5, 5.41) is 6.35. The van der Waals surface area contributed by atoms with Crippen LogP contribution in [0.25, 0.3) is 0 Å². The van der Waals surface area contributed by atoms with E-state index in [0.29, 0.717) is 0 Å². The molecule has 0 aliphatic carbocycles. The van der Waals surface area contributed by atoms with E-state index in [1.807, 2.05) is 20.9 Å². The molecule has 0 aliphatic heterocycles. The van der Waals surface area contributed by atoms with E-state index < -0.39 is 0 Å². The number of hydrogen-bond donors (Lipinski definition) is 2. The topological polar surface area (TPSA) is 49.8 Å². The first-order valence-electron chi connectivity index (χ1n) is 4.96. The van der Waals surface area contributed by atoms with Crippen LogP contribution in [0, 0.1) is 13.8 Å². The number of nitrogens with one attached hydrogen (secondary N) is 2. The molecule has 4 heteroatoms. The Morgan fingerprint density at radius 2 is 1.79 bits per heavy atom. The third-order valence-corrected chi connectivity index (χ3v) is 2.04. The predicted octanol–water partition coefficient (Wildman–Crippen LogP) is 1.96. The van der Waals surface area contributed by atoms with Gasteiger partial charge in [-0.05, 0) is 20.3 Å². The Labute approximate surface area is 85.2 Å². The summed E-state index contributed by atoms with van der Waals surface area (Å²) in [4.78, 5) is 8.65. The van der Waals surface area contributed by atoms with Gasteiger partial charge >= 0.3 is 0 Å². The molecule has 1 heterocycles. The molecular weight excluding hydrogens is 176 g/mol. The molecule has 0 radical (unpaired) electrons. The molecule has 0 saturated heterocycles. The summed E-state index contributed by atoms with van der Waals surface area (Å²) in [5.74, 6) is 2.62. The van der Waals surface area contributed by atoms with Crippen molar-refractivity contribution >= 4 is 11.6 Å². The van der Waals surface area contributed by atoms with Crippen molar-refractivity contribution < 1.29 is 0 Å². The second-order valence-electron chi connectivity index (χ2n) is 3.27. The van der Waals surface area contributed by atoms with Crippen molar-refractivity contribution in [3.05, 3.63) is 11.4 Å². The summed E-state index contributed by atoms with van der Waals surface area (Å²) >= 11 is 0. The van der Waals surface area contributed by atoms with Gasteiger partial charge in [0.1, 0.15) is 17.5 Å². The zero-order valence-corrected chi connectivity index (χ0v) is 9.31. The van der Waals surface area contributed by atoms with Gasteiger partial charge in [-0.3, -0.25) is 0 Å². The molecule has 4 nitrogen and oxygen atoms in total. The van der Waals surface area contributed by atoms with Crippen LogP contribution in [-0.2, 0) is 0 Å². The lowest BCUT2D eigenvalue weighted by Crippen LogP contribution is -2.08. The van der Waals surface area contributed by atoms with E-state index in [9.17, 15) is 0 Å². The Hall–Kier alpha value is -1.32. The molecule has 0 fully saturated rings. The van der Waals surface area contributed by atoms with Crippen LogP contribution >= 0.6 is 0 Å². The molecule has 0 amide bonds. The molecule has 0 atom stereocenters. The highest BCUT2D eigenvalue weighted by molar-refractivity contribution is 5.56. The molecule has 1 rings (SSSR count). The van der Waals surface area contributed by atoms with Gasteiger partial charge in [-0.15, -0.1) is 0 Å². The molecule has 1 aromatic rings. The summed E-state index contributed by atoms with van der Waals surface area (Å²) in [6.07, 6.45) is 1.09. The number of anilines is 2. The minimum Gasteiger partial charge on any atom is -0.373 e. The number of nitrogens with zero attached hydrogens (tertiary/aromatic N) is 2. The van der Waals surface area contributed by atoms with Gasteiger partial charge in [0.2, 0.25) is 0 Å². The van der Waals surface area contributed by atoms with Gasteiger partial charge in [0, 0.05) is 19.2 Å². The van der Waals surface area contributed by atoms with Crippen molar-refractivity contribution in [1.82, 2.24) is 9.97 Å². The summed E-state index contributed by atoms with van der Waals surface area (Å²) < 4.78 is 0. The third-order valence-electron chi connectivity index (χ3n) is 2.04. The van der Waals surface area contributed by atoms with Crippen molar-refractivity contribution in [3.63, 3.8) is 0 Å². The molecule has 0 aromatic carbocycles. The maximum atomic E-state index is 4.36. The molecular formula is C10H18N4. The van der Waals surface area contributed by atoms with Crippen LogP contribution in [0.4, 0.5) is 11.6 Å². The Kier molecular flexibility index (Phi) is 3.68. The van der Waals surface area contributed by atoms with Crippen LogP contribution in [0.1, 0.15) is 24.7 Å². The fourth-order valence-electron chi connectivity index (χ4n) is 1.29. The summed E-state index contributed by atoms with van der Waals surface area (Å²) in [6.45, 7) is 7.00. The van der Waals surface area contributed by atoms with Crippen LogP contribution in [-0.4, -0.2) is 23.6 Å². The average molecular weight is 194 g/mol. The molecule has 78 valence electrons. The monoisotopic (exact) mass is 194 g/mol. The van der Waals surface area contributed by atoms with Crippen LogP contribution in [0.5, 0.6) is 0 Å². The molecule has 1 aromatic heterocycles. The molecule has 2 N–H and O–H groups in total. The molecule has 0 aliphatic rings. The number of rotatable bonds is 4. The zero-order valence-electron chi connectivity index (χ0n) is 9.31. The van der Waals surface area contributed by atoms with Crippen LogP contribution in [0.2, 0.25) is 0 Å². The fourth-order valence-corrected chi connectivity index (χ4v) is 1.29. The highest BCUT2D eigenvalue weighted by Gasteiger charge is 2.06. The van der Waals surface area contributed by atoms with Crippen molar-refractivity contribution in [2.24, 2.45) is 0 Å². The molecule has 0 bridgehead atoms. The van der Waals surface area contributed by atoms with Crippen molar-refractivity contribution in [3.8, 4) is 0 Å². The third kappa shape index (κ3) is 2.34. The van der Waals surface area contributed by atoms with E-state index in [2.05, 4.69) is 27.5 Å². The van der Waals surface area contributed by atoms with Gasteiger partial charge in [-0.2, -0.15) is 0 Å². The van der Waals surface area contributed by atoms with Crippen LogP contribution < -0.4 is 10.6 Å². The van der Waals surface area contributed by atoms with Crippen molar-refractivity contribution in [1.29, 1.82) is 0 Å². The first-order valence-corrected chi connectivity index (χ1v) is 4.96. The van der Waals surface area contributed by atoms with Gasteiger partial charge in [0.05, 0.1) is 0 Å². The number of aryl methyl sites for hydroxylation is 1. The number of aromatic nitrogens is 2. The van der Waals surface area contributed by atoms with E-state index in [4.69, 9.17) is 0 Å². The largest absolute Gasteiger partial charge is 0.373 e. The maximum Gasteiger partial charge on any atom is 0.134 e. The summed E-state index contributed by atoms with van der Waals surface area (Å²) in [5.41, 5.74) is 1.08. The highest BCUT2D eigenvalue weighted by atomic mass is 15.1. The van der Waals surface area contributed by atoms with Crippen LogP contribution in [0.15, 0.2) is 0 Å². The first kappa shape index (κ1) is 10.8. The molecule has 0 saturated carbocycles. The Morgan fingerprint density at radius 3 is 2.36 bits per heavy atom. The standard InChI is InChI=1S/C10H18N4/c1-5-6-12-10-7(2)9(11-4)13-8(3)14-10/h5-6H2,1-4H3,(H2,11,12,13,14). The Balaban J connectivity index is 2.96. The van der Waals surface area contributed by atoms with E-state index >= 15 is 0 Å². The predicted molar refractivity (Wildman–Crippen MR) is 59.8 cm³/mol. The van der Waals surface area contributed by atoms with Gasteiger partial charge in [0.15, 0.2) is 0 Å². The van der Waals surface area contributed by atoms with Crippen LogP contribution in [0.3, 0.4) is 0 Å². The molecule has 0 spiro atoms.